The van der Waals surface area contributed by atoms with Crippen molar-refractivity contribution in [3.05, 3.63) is 23.8 Å². The highest BCUT2D eigenvalue weighted by molar-refractivity contribution is 8.01. The fourth-order valence-corrected chi connectivity index (χ4v) is 6.37. The fourth-order valence-electron chi connectivity index (χ4n) is 4.96. The van der Waals surface area contributed by atoms with E-state index in [9.17, 15) is 9.59 Å². The Morgan fingerprint density at radius 2 is 1.93 bits per heavy atom. The van der Waals surface area contributed by atoms with Crippen LogP contribution in [0.1, 0.15) is 44.1 Å². The van der Waals surface area contributed by atoms with Crippen LogP contribution in [-0.4, -0.2) is 53.3 Å². The average molecular weight is 432 g/mol. The molecule has 1 saturated carbocycles. The molecule has 0 bridgehead atoms. The first-order chi connectivity index (χ1) is 14.6. The van der Waals surface area contributed by atoms with Crippen molar-refractivity contribution in [1.29, 1.82) is 0 Å². The number of amides is 2. The molecule has 7 nitrogen and oxygen atoms in total. The molecule has 1 unspecified atom stereocenters. The SMILES string of the molecule is O=C(NCc1ccc2c(c1)OCO2)C1CSC2(CCN(C(=O)C3CCCC3)CC2)N1. The van der Waals surface area contributed by atoms with Crippen LogP contribution in [0.4, 0.5) is 0 Å². The van der Waals surface area contributed by atoms with Gasteiger partial charge in [-0.3, -0.25) is 14.9 Å². The number of carbonyl (C=O) groups is 2. The van der Waals surface area contributed by atoms with Crippen molar-refractivity contribution in [1.82, 2.24) is 15.5 Å². The van der Waals surface area contributed by atoms with Crippen molar-refractivity contribution in [3.63, 3.8) is 0 Å². The normalized spacial score (nSPS) is 25.1. The highest BCUT2D eigenvalue weighted by Gasteiger charge is 2.45. The smallest absolute Gasteiger partial charge is 0.238 e. The molecule has 1 atom stereocenters. The number of nitrogens with one attached hydrogen (secondary N) is 2. The molecule has 3 fully saturated rings. The minimum absolute atomic E-state index is 0.0292. The lowest BCUT2D eigenvalue weighted by molar-refractivity contribution is -0.136. The molecular formula is C22H29N3O4S. The maximum atomic E-state index is 12.7. The maximum Gasteiger partial charge on any atom is 0.238 e. The summed E-state index contributed by atoms with van der Waals surface area (Å²) in [5.74, 6) is 2.87. The second kappa shape index (κ2) is 8.30. The zero-order valence-electron chi connectivity index (χ0n) is 17.2. The molecule has 3 heterocycles. The molecule has 5 rings (SSSR count). The first-order valence-corrected chi connectivity index (χ1v) is 12.0. The Bertz CT molecular complexity index is 819. The Hall–Kier alpha value is -1.93. The topological polar surface area (TPSA) is 79.9 Å². The van der Waals surface area contributed by atoms with Gasteiger partial charge in [-0.2, -0.15) is 0 Å². The summed E-state index contributed by atoms with van der Waals surface area (Å²) in [6.45, 7) is 2.30. The first kappa shape index (κ1) is 20.0. The molecule has 3 aliphatic heterocycles. The summed E-state index contributed by atoms with van der Waals surface area (Å²) >= 11 is 1.84. The second-order valence-electron chi connectivity index (χ2n) is 8.71. The number of piperidine rings is 1. The van der Waals surface area contributed by atoms with Crippen molar-refractivity contribution in [2.45, 2.75) is 56.0 Å². The Morgan fingerprint density at radius 3 is 2.73 bits per heavy atom. The summed E-state index contributed by atoms with van der Waals surface area (Å²) in [4.78, 5) is 27.4. The number of carbonyl (C=O) groups excluding carboxylic acids is 2. The van der Waals surface area contributed by atoms with E-state index < -0.39 is 0 Å². The molecular weight excluding hydrogens is 402 g/mol. The van der Waals surface area contributed by atoms with E-state index in [4.69, 9.17) is 9.47 Å². The number of thioether (sulfide) groups is 1. The predicted octanol–water partition coefficient (Wildman–Crippen LogP) is 2.25. The monoisotopic (exact) mass is 431 g/mol. The zero-order chi connectivity index (χ0) is 20.6. The number of nitrogens with zero attached hydrogens (tertiary/aromatic N) is 1. The Labute approximate surface area is 181 Å². The quantitative estimate of drug-likeness (QED) is 0.761. The van der Waals surface area contributed by atoms with Crippen molar-refractivity contribution in [2.75, 3.05) is 25.6 Å². The third kappa shape index (κ3) is 3.99. The lowest BCUT2D eigenvalue weighted by Crippen LogP contribution is -2.54. The van der Waals surface area contributed by atoms with Crippen LogP contribution in [0.2, 0.25) is 0 Å². The summed E-state index contributed by atoms with van der Waals surface area (Å²) in [6.07, 6.45) is 6.30. The molecule has 0 radical (unpaired) electrons. The van der Waals surface area contributed by atoms with Gasteiger partial charge >= 0.3 is 0 Å². The molecule has 1 aromatic rings. The molecule has 162 valence electrons. The highest BCUT2D eigenvalue weighted by Crippen LogP contribution is 2.40. The Balaban J connectivity index is 1.10. The number of ether oxygens (including phenoxy) is 2. The van der Waals surface area contributed by atoms with Gasteiger partial charge in [0.15, 0.2) is 11.5 Å². The van der Waals surface area contributed by atoms with Crippen LogP contribution in [0.25, 0.3) is 0 Å². The number of hydrogen-bond acceptors (Lipinski definition) is 6. The standard InChI is InChI=1S/C22H29N3O4S/c26-20(23-12-15-5-6-18-19(11-15)29-14-28-18)17-13-30-22(24-17)7-9-25(10-8-22)21(27)16-3-1-2-4-16/h5-6,11,16-17,24H,1-4,7-10,12-14H2,(H,23,26). The predicted molar refractivity (Wildman–Crippen MR) is 114 cm³/mol. The summed E-state index contributed by atoms with van der Waals surface area (Å²) < 4.78 is 10.7. The third-order valence-electron chi connectivity index (χ3n) is 6.77. The molecule has 0 aromatic heterocycles. The van der Waals surface area contributed by atoms with Crippen molar-refractivity contribution in [2.24, 2.45) is 5.92 Å². The van der Waals surface area contributed by atoms with E-state index in [0.717, 1.165) is 61.6 Å². The largest absolute Gasteiger partial charge is 0.454 e. The number of fused-ring (bicyclic) bond motifs is 1. The van der Waals surface area contributed by atoms with Gasteiger partial charge in [0.25, 0.3) is 0 Å². The van der Waals surface area contributed by atoms with Gasteiger partial charge in [0.05, 0.1) is 10.9 Å². The third-order valence-corrected chi connectivity index (χ3v) is 8.35. The van der Waals surface area contributed by atoms with Crippen LogP contribution in [0.3, 0.4) is 0 Å². The van der Waals surface area contributed by atoms with Crippen LogP contribution in [-0.2, 0) is 16.1 Å². The van der Waals surface area contributed by atoms with E-state index in [0.29, 0.717) is 12.5 Å². The molecule has 8 heteroatoms. The van der Waals surface area contributed by atoms with Crippen LogP contribution < -0.4 is 20.1 Å². The summed E-state index contributed by atoms with van der Waals surface area (Å²) in [6, 6.07) is 5.55. The van der Waals surface area contributed by atoms with E-state index in [2.05, 4.69) is 15.5 Å². The molecule has 4 aliphatic rings. The van der Waals surface area contributed by atoms with Gasteiger partial charge in [-0.05, 0) is 43.4 Å². The van der Waals surface area contributed by atoms with E-state index in [1.54, 1.807) is 0 Å². The van der Waals surface area contributed by atoms with E-state index in [1.807, 2.05) is 30.0 Å². The zero-order valence-corrected chi connectivity index (χ0v) is 18.0. The van der Waals surface area contributed by atoms with Gasteiger partial charge in [-0.1, -0.05) is 18.9 Å². The van der Waals surface area contributed by atoms with E-state index >= 15 is 0 Å². The number of benzene rings is 1. The number of hydrogen-bond donors (Lipinski definition) is 2. The van der Waals surface area contributed by atoms with Crippen molar-refractivity contribution < 1.29 is 19.1 Å². The van der Waals surface area contributed by atoms with E-state index in [1.165, 1.54) is 12.8 Å². The lowest BCUT2D eigenvalue weighted by Gasteiger charge is -2.40. The van der Waals surface area contributed by atoms with E-state index in [-0.39, 0.29) is 29.5 Å². The Kier molecular flexibility index (Phi) is 5.54. The summed E-state index contributed by atoms with van der Waals surface area (Å²) in [7, 11) is 0. The average Bonchev–Trinajstić information content (AvgIpc) is 3.53. The summed E-state index contributed by atoms with van der Waals surface area (Å²) in [5.41, 5.74) is 0.992. The van der Waals surface area contributed by atoms with Gasteiger partial charge in [-0.25, -0.2) is 0 Å². The van der Waals surface area contributed by atoms with Gasteiger partial charge < -0.3 is 19.7 Å². The lowest BCUT2D eigenvalue weighted by atomic mass is 10.00. The Morgan fingerprint density at radius 1 is 1.17 bits per heavy atom. The molecule has 1 aromatic carbocycles. The van der Waals surface area contributed by atoms with Crippen LogP contribution in [0, 0.1) is 5.92 Å². The van der Waals surface area contributed by atoms with Crippen LogP contribution in [0.15, 0.2) is 18.2 Å². The molecule has 30 heavy (non-hydrogen) atoms. The fraction of sp³-hybridized carbons (Fsp3) is 0.636. The number of likely N-dealkylation sites (tertiary alicyclic amines) is 1. The minimum Gasteiger partial charge on any atom is -0.454 e. The molecule has 1 spiro atoms. The van der Waals surface area contributed by atoms with Crippen molar-refractivity contribution >= 4 is 23.6 Å². The van der Waals surface area contributed by atoms with Gasteiger partial charge in [0.1, 0.15) is 0 Å². The van der Waals surface area contributed by atoms with Gasteiger partial charge in [0, 0.05) is 31.3 Å². The molecule has 2 saturated heterocycles. The number of rotatable bonds is 4. The summed E-state index contributed by atoms with van der Waals surface area (Å²) in [5, 5.41) is 6.62. The molecule has 2 N–H and O–H groups in total. The van der Waals surface area contributed by atoms with Gasteiger partial charge in [0.2, 0.25) is 18.6 Å². The van der Waals surface area contributed by atoms with Gasteiger partial charge in [-0.15, -0.1) is 11.8 Å². The minimum atomic E-state index is -0.193. The van der Waals surface area contributed by atoms with Crippen LogP contribution in [0.5, 0.6) is 11.5 Å². The van der Waals surface area contributed by atoms with Crippen LogP contribution >= 0.6 is 11.8 Å². The second-order valence-corrected chi connectivity index (χ2v) is 10.1. The first-order valence-electron chi connectivity index (χ1n) is 11.0. The maximum absolute atomic E-state index is 12.7. The highest BCUT2D eigenvalue weighted by atomic mass is 32.2. The molecule has 2 amide bonds. The molecule has 1 aliphatic carbocycles. The van der Waals surface area contributed by atoms with Crippen molar-refractivity contribution in [3.8, 4) is 11.5 Å².